The summed E-state index contributed by atoms with van der Waals surface area (Å²) in [4.78, 5) is 15.7. The highest BCUT2D eigenvalue weighted by atomic mass is 16.2. The lowest BCUT2D eigenvalue weighted by Gasteiger charge is -2.08. The first-order chi connectivity index (χ1) is 9.69. The summed E-state index contributed by atoms with van der Waals surface area (Å²) < 4.78 is 0. The highest BCUT2D eigenvalue weighted by Crippen LogP contribution is 2.22. The molecule has 0 aliphatic heterocycles. The van der Waals surface area contributed by atoms with Gasteiger partial charge < -0.3 is 16.4 Å². The number of urea groups is 1. The van der Waals surface area contributed by atoms with E-state index in [0.717, 1.165) is 11.1 Å². The van der Waals surface area contributed by atoms with Crippen LogP contribution >= 0.6 is 0 Å². The van der Waals surface area contributed by atoms with E-state index in [1.54, 1.807) is 12.4 Å². The van der Waals surface area contributed by atoms with Crippen molar-refractivity contribution >= 4 is 11.7 Å². The van der Waals surface area contributed by atoms with Crippen molar-refractivity contribution in [1.82, 2.24) is 10.3 Å². The third-order valence-corrected chi connectivity index (χ3v) is 2.78. The number of carbonyl (C=O) groups excluding carboxylic acids is 1. The van der Waals surface area contributed by atoms with Crippen molar-refractivity contribution in [1.29, 1.82) is 0 Å². The van der Waals surface area contributed by atoms with Crippen molar-refractivity contribution in [3.05, 3.63) is 48.3 Å². The molecule has 0 radical (unpaired) electrons. The number of pyridine rings is 1. The molecule has 1 aromatic carbocycles. The van der Waals surface area contributed by atoms with E-state index in [0.29, 0.717) is 18.8 Å². The molecule has 0 aliphatic carbocycles. The molecule has 20 heavy (non-hydrogen) atoms. The number of amides is 2. The molecule has 4 N–H and O–H groups in total. The van der Waals surface area contributed by atoms with Gasteiger partial charge in [-0.15, -0.1) is 0 Å². The molecule has 2 amide bonds. The van der Waals surface area contributed by atoms with Gasteiger partial charge in [0, 0.05) is 24.8 Å². The van der Waals surface area contributed by atoms with Crippen LogP contribution in [-0.2, 0) is 0 Å². The predicted octanol–water partition coefficient (Wildman–Crippen LogP) is 2.14. The number of nitrogens with zero attached hydrogens (tertiary/aromatic N) is 1. The second kappa shape index (κ2) is 6.68. The van der Waals surface area contributed by atoms with E-state index in [9.17, 15) is 4.79 Å². The average molecular weight is 270 g/mol. The Kier molecular flexibility index (Phi) is 4.68. The highest BCUT2D eigenvalue weighted by molar-refractivity contribution is 5.89. The van der Waals surface area contributed by atoms with E-state index in [4.69, 9.17) is 5.73 Å². The van der Waals surface area contributed by atoms with Gasteiger partial charge in [0.15, 0.2) is 0 Å². The van der Waals surface area contributed by atoms with Gasteiger partial charge in [-0.3, -0.25) is 4.98 Å². The maximum atomic E-state index is 11.6. The number of rotatable bonds is 4. The van der Waals surface area contributed by atoms with Crippen LogP contribution in [0.4, 0.5) is 10.5 Å². The van der Waals surface area contributed by atoms with Crippen LogP contribution in [0.25, 0.3) is 11.1 Å². The topological polar surface area (TPSA) is 80.0 Å². The quantitative estimate of drug-likeness (QED) is 0.796. The van der Waals surface area contributed by atoms with Crippen LogP contribution in [0.5, 0.6) is 0 Å². The van der Waals surface area contributed by atoms with Crippen molar-refractivity contribution in [2.75, 3.05) is 18.4 Å². The monoisotopic (exact) mass is 270 g/mol. The maximum absolute atomic E-state index is 11.6. The zero-order valence-corrected chi connectivity index (χ0v) is 11.4. The molecule has 0 saturated carbocycles. The summed E-state index contributed by atoms with van der Waals surface area (Å²) >= 11 is 0. The van der Waals surface area contributed by atoms with Crippen LogP contribution in [-0.4, -0.2) is 24.1 Å². The van der Waals surface area contributed by atoms with Crippen molar-refractivity contribution in [2.24, 2.45) is 5.73 Å². The first-order valence-corrected chi connectivity index (χ1v) is 6.46. The van der Waals surface area contributed by atoms with Crippen molar-refractivity contribution in [2.45, 2.75) is 6.92 Å². The number of aromatic nitrogens is 1. The van der Waals surface area contributed by atoms with Crippen LogP contribution in [0.2, 0.25) is 0 Å². The van der Waals surface area contributed by atoms with Gasteiger partial charge in [0.05, 0.1) is 11.9 Å². The molecular formula is C15H18N4O. The Morgan fingerprint density at radius 1 is 1.25 bits per heavy atom. The van der Waals surface area contributed by atoms with Gasteiger partial charge in [0.25, 0.3) is 0 Å². The smallest absolute Gasteiger partial charge is 0.319 e. The Balaban J connectivity index is 2.14. The number of benzene rings is 1. The Bertz CT molecular complexity index is 598. The van der Waals surface area contributed by atoms with E-state index in [1.165, 1.54) is 5.56 Å². The second-order valence-corrected chi connectivity index (χ2v) is 4.50. The molecule has 2 aromatic rings. The number of aryl methyl sites for hydroxylation is 1. The Hall–Kier alpha value is -2.40. The van der Waals surface area contributed by atoms with E-state index in [1.807, 2.05) is 31.2 Å². The van der Waals surface area contributed by atoms with E-state index in [2.05, 4.69) is 21.7 Å². The fourth-order valence-corrected chi connectivity index (χ4v) is 1.85. The van der Waals surface area contributed by atoms with Crippen LogP contribution in [0, 0.1) is 6.92 Å². The third-order valence-electron chi connectivity index (χ3n) is 2.78. The number of hydrogen-bond donors (Lipinski definition) is 3. The summed E-state index contributed by atoms with van der Waals surface area (Å²) in [5.74, 6) is 0. The zero-order valence-electron chi connectivity index (χ0n) is 11.4. The van der Waals surface area contributed by atoms with E-state index in [-0.39, 0.29) is 6.03 Å². The van der Waals surface area contributed by atoms with Crippen molar-refractivity contribution < 1.29 is 4.79 Å². The van der Waals surface area contributed by atoms with Gasteiger partial charge in [-0.25, -0.2) is 4.79 Å². The van der Waals surface area contributed by atoms with Gasteiger partial charge in [-0.05, 0) is 18.6 Å². The lowest BCUT2D eigenvalue weighted by Crippen LogP contribution is -2.32. The molecule has 5 heteroatoms. The van der Waals surface area contributed by atoms with Gasteiger partial charge in [-0.1, -0.05) is 29.8 Å². The number of nitrogens with two attached hydrogens (primary N) is 1. The fourth-order valence-electron chi connectivity index (χ4n) is 1.85. The number of carbonyl (C=O) groups is 1. The molecule has 2 rings (SSSR count). The van der Waals surface area contributed by atoms with Crippen LogP contribution in [0.3, 0.4) is 0 Å². The van der Waals surface area contributed by atoms with E-state index < -0.39 is 0 Å². The second-order valence-electron chi connectivity index (χ2n) is 4.50. The zero-order chi connectivity index (χ0) is 14.4. The van der Waals surface area contributed by atoms with Crippen molar-refractivity contribution in [3.63, 3.8) is 0 Å². The molecule has 0 spiro atoms. The molecule has 0 atom stereocenters. The van der Waals surface area contributed by atoms with Crippen LogP contribution < -0.4 is 16.4 Å². The van der Waals surface area contributed by atoms with Gasteiger partial charge >= 0.3 is 6.03 Å². The summed E-state index contributed by atoms with van der Waals surface area (Å²) in [6.45, 7) is 2.89. The molecule has 104 valence electrons. The SMILES string of the molecule is Cc1cccc(-c2cncc(NC(=O)NCCN)c2)c1. The lowest BCUT2D eigenvalue weighted by molar-refractivity contribution is 0.252. The number of hydrogen-bond acceptors (Lipinski definition) is 3. The Labute approximate surface area is 118 Å². The van der Waals surface area contributed by atoms with Gasteiger partial charge in [0.1, 0.15) is 0 Å². The minimum absolute atomic E-state index is 0.279. The average Bonchev–Trinajstić information content (AvgIpc) is 2.45. The Morgan fingerprint density at radius 2 is 2.10 bits per heavy atom. The normalized spacial score (nSPS) is 10.1. The first kappa shape index (κ1) is 14.0. The third kappa shape index (κ3) is 3.80. The largest absolute Gasteiger partial charge is 0.337 e. The molecule has 5 nitrogen and oxygen atoms in total. The first-order valence-electron chi connectivity index (χ1n) is 6.46. The van der Waals surface area contributed by atoms with Crippen LogP contribution in [0.15, 0.2) is 42.7 Å². The lowest BCUT2D eigenvalue weighted by atomic mass is 10.1. The fraction of sp³-hybridized carbons (Fsp3) is 0.200. The van der Waals surface area contributed by atoms with Gasteiger partial charge in [-0.2, -0.15) is 0 Å². The molecule has 1 aromatic heterocycles. The summed E-state index contributed by atoms with van der Waals surface area (Å²) in [6, 6.07) is 9.75. The minimum Gasteiger partial charge on any atom is -0.337 e. The maximum Gasteiger partial charge on any atom is 0.319 e. The predicted molar refractivity (Wildman–Crippen MR) is 80.5 cm³/mol. The summed E-state index contributed by atoms with van der Waals surface area (Å²) in [6.07, 6.45) is 3.39. The molecule has 1 heterocycles. The molecular weight excluding hydrogens is 252 g/mol. The molecule has 0 fully saturated rings. The molecule has 0 saturated heterocycles. The minimum atomic E-state index is -0.279. The summed E-state index contributed by atoms with van der Waals surface area (Å²) in [5.41, 5.74) is 9.20. The van der Waals surface area contributed by atoms with Crippen molar-refractivity contribution in [3.8, 4) is 11.1 Å². The van der Waals surface area contributed by atoms with E-state index >= 15 is 0 Å². The van der Waals surface area contributed by atoms with Gasteiger partial charge in [0.2, 0.25) is 0 Å². The molecule has 0 aliphatic rings. The highest BCUT2D eigenvalue weighted by Gasteiger charge is 2.03. The standard InChI is InChI=1S/C15H18N4O/c1-11-3-2-4-12(7-11)13-8-14(10-17-9-13)19-15(20)18-6-5-16/h2-4,7-10H,5-6,16H2,1H3,(H2,18,19,20). The number of nitrogens with one attached hydrogen (secondary N) is 2. The summed E-state index contributed by atoms with van der Waals surface area (Å²) in [5, 5.41) is 5.38. The molecule has 0 bridgehead atoms. The summed E-state index contributed by atoms with van der Waals surface area (Å²) in [7, 11) is 0. The number of anilines is 1. The molecule has 0 unspecified atom stereocenters. The Morgan fingerprint density at radius 3 is 2.85 bits per heavy atom. The van der Waals surface area contributed by atoms with Crippen LogP contribution in [0.1, 0.15) is 5.56 Å².